The molecule has 3 heteroatoms. The number of hydrogen-bond donors (Lipinski definition) is 0. The second-order valence-electron chi connectivity index (χ2n) is 12.0. The van der Waals surface area contributed by atoms with Gasteiger partial charge in [-0.1, -0.05) is 134 Å². The second kappa shape index (κ2) is 10.5. The number of allylic oxidation sites excluding steroid dienone is 1. The summed E-state index contributed by atoms with van der Waals surface area (Å²) in [6.07, 6.45) is 2.45. The Kier molecular flexibility index (Phi) is 7.35. The van der Waals surface area contributed by atoms with Crippen LogP contribution in [0.2, 0.25) is 32.7 Å². The molecule has 0 saturated heterocycles. The number of aryl methyl sites for hydroxylation is 1. The Balaban J connectivity index is 1.85. The first-order valence-electron chi connectivity index (χ1n) is 13.8. The number of hydrogen-bond acceptors (Lipinski definition) is 1. The van der Waals surface area contributed by atoms with Crippen LogP contribution in [0.5, 0.6) is 5.75 Å². The molecule has 0 fully saturated rings. The highest BCUT2D eigenvalue weighted by Crippen LogP contribution is 2.51. The number of methoxy groups -OCH3 is 1. The van der Waals surface area contributed by atoms with Crippen LogP contribution >= 0.6 is 0 Å². The van der Waals surface area contributed by atoms with E-state index < -0.39 is 16.9 Å². The molecule has 1 aliphatic carbocycles. The third kappa shape index (κ3) is 4.74. The maximum absolute atomic E-state index is 6.52. The minimum atomic E-state index is -1.60. The molecule has 194 valence electrons. The molecule has 38 heavy (non-hydrogen) atoms. The Morgan fingerprint density at radius 3 is 1.87 bits per heavy atom. The number of benzene rings is 4. The smallest absolute Gasteiger partial charge is 0.130 e. The van der Waals surface area contributed by atoms with Gasteiger partial charge in [0.25, 0.3) is 0 Å². The van der Waals surface area contributed by atoms with Crippen LogP contribution in [-0.2, 0) is 0 Å². The van der Waals surface area contributed by atoms with Crippen LogP contribution < -0.4 is 9.92 Å². The molecule has 4 aromatic carbocycles. The minimum absolute atomic E-state index is 0.116. The molecule has 0 N–H and O–H groups in total. The van der Waals surface area contributed by atoms with Crippen molar-refractivity contribution in [2.24, 2.45) is 0 Å². The number of rotatable bonds is 7. The zero-order valence-electron chi connectivity index (χ0n) is 23.9. The van der Waals surface area contributed by atoms with Gasteiger partial charge in [0.2, 0.25) is 0 Å². The van der Waals surface area contributed by atoms with Gasteiger partial charge in [-0.3, -0.25) is 0 Å². The molecule has 0 amide bonds. The van der Waals surface area contributed by atoms with Gasteiger partial charge in [-0.05, 0) is 40.8 Å². The van der Waals surface area contributed by atoms with Crippen LogP contribution in [0.1, 0.15) is 50.4 Å². The van der Waals surface area contributed by atoms with Crippen LogP contribution in [0.25, 0.3) is 11.6 Å². The molecule has 1 atom stereocenters. The zero-order chi connectivity index (χ0) is 27.0. The Morgan fingerprint density at radius 2 is 1.34 bits per heavy atom. The van der Waals surface area contributed by atoms with E-state index in [1.165, 1.54) is 49.7 Å². The normalized spacial score (nSPS) is 15.1. The van der Waals surface area contributed by atoms with Gasteiger partial charge in [-0.25, -0.2) is 0 Å². The van der Waals surface area contributed by atoms with Crippen molar-refractivity contribution in [1.29, 1.82) is 0 Å². The Hall–Kier alpha value is -3.15. The zero-order valence-corrected chi connectivity index (χ0v) is 26.0. The van der Waals surface area contributed by atoms with E-state index in [0.29, 0.717) is 5.54 Å². The molecular weight excluding hydrogens is 493 g/mol. The highest BCUT2D eigenvalue weighted by Gasteiger charge is 2.39. The lowest BCUT2D eigenvalue weighted by Gasteiger charge is -2.33. The van der Waals surface area contributed by atoms with E-state index >= 15 is 0 Å². The quantitative estimate of drug-likeness (QED) is 0.171. The fourth-order valence-corrected chi connectivity index (χ4v) is 10.9. The van der Waals surface area contributed by atoms with Gasteiger partial charge in [-0.2, -0.15) is 0 Å². The van der Waals surface area contributed by atoms with E-state index in [9.17, 15) is 0 Å². The maximum atomic E-state index is 6.52. The van der Waals surface area contributed by atoms with E-state index in [-0.39, 0.29) is 5.92 Å². The van der Waals surface area contributed by atoms with Gasteiger partial charge in [0.1, 0.15) is 5.75 Å². The minimum Gasteiger partial charge on any atom is -0.496 e. The molecule has 0 bridgehead atoms. The molecule has 0 aliphatic heterocycles. The molecule has 1 aliphatic rings. The standard InChI is InChI=1S/C35H40OSi2/c1-24-22-29(30-23-27-20-14-15-21-28(27)35(30)38(5,6)7)33(36-2)32(34(24)37(3)4)31(25-16-10-8-11-17-25)26-18-12-9-13-19-26/h8-23,31,35,37H,1-7H3. The van der Waals surface area contributed by atoms with Crippen molar-refractivity contribution in [3.8, 4) is 5.75 Å². The van der Waals surface area contributed by atoms with Crippen LogP contribution in [-0.4, -0.2) is 24.0 Å². The topological polar surface area (TPSA) is 9.23 Å². The van der Waals surface area contributed by atoms with Gasteiger partial charge in [-0.15, -0.1) is 0 Å². The van der Waals surface area contributed by atoms with E-state index in [1.807, 2.05) is 7.11 Å². The monoisotopic (exact) mass is 532 g/mol. The first-order valence-corrected chi connectivity index (χ1v) is 20.3. The van der Waals surface area contributed by atoms with E-state index in [2.05, 4.69) is 137 Å². The number of fused-ring (bicyclic) bond motifs is 1. The predicted octanol–water partition coefficient (Wildman–Crippen LogP) is 8.39. The summed E-state index contributed by atoms with van der Waals surface area (Å²) in [5, 5.41) is 1.53. The molecule has 0 aromatic heterocycles. The average molecular weight is 533 g/mol. The summed E-state index contributed by atoms with van der Waals surface area (Å²) in [7, 11) is -0.927. The largest absolute Gasteiger partial charge is 0.496 e. The molecule has 5 rings (SSSR count). The van der Waals surface area contributed by atoms with Crippen molar-refractivity contribution in [3.05, 3.63) is 130 Å². The molecule has 1 unspecified atom stereocenters. The lowest BCUT2D eigenvalue weighted by molar-refractivity contribution is 0.408. The average Bonchev–Trinajstić information content (AvgIpc) is 3.30. The lowest BCUT2D eigenvalue weighted by Crippen LogP contribution is -2.34. The van der Waals surface area contributed by atoms with Crippen LogP contribution in [0.3, 0.4) is 0 Å². The van der Waals surface area contributed by atoms with Gasteiger partial charge in [0, 0.05) is 22.6 Å². The third-order valence-corrected chi connectivity index (χ3v) is 12.3. The Labute approximate surface area is 231 Å². The molecule has 0 spiro atoms. The van der Waals surface area contributed by atoms with Crippen molar-refractivity contribution in [1.82, 2.24) is 0 Å². The summed E-state index contributed by atoms with van der Waals surface area (Å²) in [6.45, 7) is 14.7. The summed E-state index contributed by atoms with van der Waals surface area (Å²) in [5.41, 5.74) is 11.4. The summed E-state index contributed by atoms with van der Waals surface area (Å²) in [4.78, 5) is 0. The summed E-state index contributed by atoms with van der Waals surface area (Å²) >= 11 is 0. The van der Waals surface area contributed by atoms with Crippen molar-refractivity contribution >= 4 is 33.7 Å². The van der Waals surface area contributed by atoms with Gasteiger partial charge >= 0.3 is 0 Å². The van der Waals surface area contributed by atoms with Gasteiger partial charge < -0.3 is 4.74 Å². The second-order valence-corrected chi connectivity index (χ2v) is 20.2. The van der Waals surface area contributed by atoms with Crippen molar-refractivity contribution in [2.75, 3.05) is 7.11 Å². The van der Waals surface area contributed by atoms with Crippen LogP contribution in [0.4, 0.5) is 0 Å². The van der Waals surface area contributed by atoms with E-state index in [0.717, 1.165) is 5.75 Å². The lowest BCUT2D eigenvalue weighted by atomic mass is 9.82. The fraction of sp³-hybridized carbons (Fsp3) is 0.257. The highest BCUT2D eigenvalue weighted by atomic mass is 28.3. The van der Waals surface area contributed by atoms with Crippen molar-refractivity contribution in [2.45, 2.75) is 51.1 Å². The molecule has 4 aromatic rings. The summed E-state index contributed by atoms with van der Waals surface area (Å²) in [6, 6.07) is 33.4. The number of ether oxygens (including phenoxy) is 1. The molecule has 0 heterocycles. The van der Waals surface area contributed by atoms with Crippen LogP contribution in [0.15, 0.2) is 91.0 Å². The van der Waals surface area contributed by atoms with Crippen LogP contribution in [0, 0.1) is 6.92 Å². The van der Waals surface area contributed by atoms with E-state index in [1.54, 1.807) is 0 Å². The van der Waals surface area contributed by atoms with Crippen molar-refractivity contribution < 1.29 is 4.74 Å². The molecular formula is C35H40OSi2. The third-order valence-electron chi connectivity index (χ3n) is 8.01. The predicted molar refractivity (Wildman–Crippen MR) is 170 cm³/mol. The fourth-order valence-electron chi connectivity index (χ4n) is 6.63. The SMILES string of the molecule is COc1c(C2=Cc3ccccc3C2[Si](C)(C)C)cc(C)c([SiH](C)C)c1C(c1ccccc1)c1ccccc1. The molecule has 0 radical (unpaired) electrons. The Morgan fingerprint density at radius 1 is 0.789 bits per heavy atom. The van der Waals surface area contributed by atoms with Gasteiger partial charge in [0.05, 0.1) is 24.0 Å². The highest BCUT2D eigenvalue weighted by molar-refractivity contribution is 6.79. The first kappa shape index (κ1) is 26.5. The van der Waals surface area contributed by atoms with Gasteiger partial charge in [0.15, 0.2) is 0 Å². The van der Waals surface area contributed by atoms with Crippen molar-refractivity contribution in [3.63, 3.8) is 0 Å². The van der Waals surface area contributed by atoms with E-state index in [4.69, 9.17) is 4.74 Å². The Bertz CT molecular complexity index is 1420. The first-order chi connectivity index (χ1) is 18.2. The maximum Gasteiger partial charge on any atom is 0.130 e. The summed E-state index contributed by atoms with van der Waals surface area (Å²) < 4.78 is 6.52. The molecule has 0 saturated carbocycles. The summed E-state index contributed by atoms with van der Waals surface area (Å²) in [5.74, 6) is 1.18. The molecule has 1 nitrogen and oxygen atoms in total.